The second-order valence-electron chi connectivity index (χ2n) is 8.51. The van der Waals surface area contributed by atoms with Gasteiger partial charge in [0.05, 0.1) is 7.11 Å². The summed E-state index contributed by atoms with van der Waals surface area (Å²) >= 11 is 0. The lowest BCUT2D eigenvalue weighted by atomic mass is 9.63. The Kier molecular flexibility index (Phi) is 4.46. The summed E-state index contributed by atoms with van der Waals surface area (Å²) in [5.74, 6) is 1.43. The van der Waals surface area contributed by atoms with Crippen molar-refractivity contribution in [3.8, 4) is 11.5 Å². The van der Waals surface area contributed by atoms with E-state index in [1.165, 1.54) is 5.56 Å². The summed E-state index contributed by atoms with van der Waals surface area (Å²) in [4.78, 5) is 19.8. The number of primary amides is 1. The fraction of sp³-hybridized carbons (Fsp3) is 0.478. The zero-order valence-corrected chi connectivity index (χ0v) is 16.7. The number of nitrogens with two attached hydrogens (primary N) is 1. The predicted octanol–water partition coefficient (Wildman–Crippen LogP) is 2.20. The van der Waals surface area contributed by atoms with Gasteiger partial charge in [-0.05, 0) is 56.0 Å². The standard InChI is InChI=1S/C23H27N3O3/c1-28-19-6-2-5-17-13-23(22(24)27,29-21(17)19)20-16-7-10-26(11-8-16)18(20)12-15-4-3-9-25-14-15/h2-6,9,14,16,18,20H,7-8,10-13H2,1H3,(H2,24,27). The molecule has 4 aliphatic heterocycles. The fourth-order valence-corrected chi connectivity index (χ4v) is 5.83. The van der Waals surface area contributed by atoms with Crippen LogP contribution in [-0.2, 0) is 17.6 Å². The van der Waals surface area contributed by atoms with Gasteiger partial charge in [0.2, 0.25) is 0 Å². The summed E-state index contributed by atoms with van der Waals surface area (Å²) < 4.78 is 12.0. The first-order chi connectivity index (χ1) is 14.1. The third-order valence-corrected chi connectivity index (χ3v) is 7.11. The number of carbonyl (C=O) groups excluding carboxylic acids is 1. The largest absolute Gasteiger partial charge is 0.493 e. The van der Waals surface area contributed by atoms with E-state index in [1.807, 2.05) is 30.5 Å². The second kappa shape index (κ2) is 7.02. The van der Waals surface area contributed by atoms with Crippen molar-refractivity contribution in [1.82, 2.24) is 9.88 Å². The van der Waals surface area contributed by atoms with Gasteiger partial charge in [0.1, 0.15) is 0 Å². The van der Waals surface area contributed by atoms with E-state index in [9.17, 15) is 4.79 Å². The van der Waals surface area contributed by atoms with Crippen LogP contribution in [0.5, 0.6) is 11.5 Å². The predicted molar refractivity (Wildman–Crippen MR) is 109 cm³/mol. The maximum Gasteiger partial charge on any atom is 0.262 e. The van der Waals surface area contributed by atoms with Crippen LogP contribution in [-0.4, -0.2) is 47.6 Å². The van der Waals surface area contributed by atoms with Crippen LogP contribution in [0.4, 0.5) is 0 Å². The summed E-state index contributed by atoms with van der Waals surface area (Å²) in [7, 11) is 1.63. The molecule has 152 valence electrons. The number of hydrogen-bond donors (Lipinski definition) is 1. The van der Waals surface area contributed by atoms with Crippen LogP contribution in [0.3, 0.4) is 0 Å². The van der Waals surface area contributed by atoms with Crippen LogP contribution < -0.4 is 15.2 Å². The van der Waals surface area contributed by atoms with Gasteiger partial charge in [-0.3, -0.25) is 14.7 Å². The number of aromatic nitrogens is 1. The summed E-state index contributed by atoms with van der Waals surface area (Å²) in [6.45, 7) is 2.13. The first-order valence-corrected chi connectivity index (χ1v) is 10.4. The number of ether oxygens (including phenoxy) is 2. The molecule has 29 heavy (non-hydrogen) atoms. The number of methoxy groups -OCH3 is 1. The highest BCUT2D eigenvalue weighted by molar-refractivity contribution is 5.86. The molecule has 3 saturated heterocycles. The quantitative estimate of drug-likeness (QED) is 0.843. The molecule has 2 N–H and O–H groups in total. The lowest BCUT2D eigenvalue weighted by Crippen LogP contribution is -2.67. The molecule has 1 amide bonds. The lowest BCUT2D eigenvalue weighted by Gasteiger charge is -2.55. The van der Waals surface area contributed by atoms with E-state index in [0.717, 1.165) is 37.9 Å². The molecular formula is C23H27N3O3. The van der Waals surface area contributed by atoms with Crippen molar-refractivity contribution < 1.29 is 14.3 Å². The molecule has 3 atom stereocenters. The minimum Gasteiger partial charge on any atom is -0.493 e. The minimum atomic E-state index is -1.03. The Balaban J connectivity index is 1.55. The van der Waals surface area contributed by atoms with Crippen LogP contribution in [0.25, 0.3) is 0 Å². The molecule has 0 aliphatic carbocycles. The highest BCUT2D eigenvalue weighted by Gasteiger charge is 2.60. The maximum atomic E-state index is 13.0. The van der Waals surface area contributed by atoms with Gasteiger partial charge in [0.25, 0.3) is 5.91 Å². The average molecular weight is 393 g/mol. The molecule has 0 spiro atoms. The summed E-state index contributed by atoms with van der Waals surface area (Å²) in [6.07, 6.45) is 7.24. The Morgan fingerprint density at radius 2 is 2.14 bits per heavy atom. The van der Waals surface area contributed by atoms with Crippen molar-refractivity contribution >= 4 is 5.91 Å². The number of amides is 1. The van der Waals surface area contributed by atoms with E-state index >= 15 is 0 Å². The number of pyridine rings is 1. The molecule has 2 bridgehead atoms. The normalized spacial score (nSPS) is 32.4. The third-order valence-electron chi connectivity index (χ3n) is 7.11. The van der Waals surface area contributed by atoms with Crippen molar-refractivity contribution in [2.24, 2.45) is 17.6 Å². The molecule has 6 nitrogen and oxygen atoms in total. The molecule has 6 heteroatoms. The first kappa shape index (κ1) is 18.4. The number of fused-ring (bicyclic) bond motifs is 4. The SMILES string of the molecule is COc1cccc2c1OC(C(N)=O)(C1C3CCN(CC3)C1Cc1cccnc1)C2. The third kappa shape index (κ3) is 2.89. The Bertz CT molecular complexity index is 911. The van der Waals surface area contributed by atoms with E-state index in [0.29, 0.717) is 23.8 Å². The molecule has 6 rings (SSSR count). The van der Waals surface area contributed by atoms with Crippen molar-refractivity contribution in [2.75, 3.05) is 20.2 Å². The van der Waals surface area contributed by atoms with Crippen LogP contribution in [0, 0.1) is 11.8 Å². The average Bonchev–Trinajstić information content (AvgIpc) is 3.16. The van der Waals surface area contributed by atoms with E-state index in [1.54, 1.807) is 13.3 Å². The van der Waals surface area contributed by atoms with Gasteiger partial charge in [-0.25, -0.2) is 0 Å². The number of carbonyl (C=O) groups is 1. The molecule has 1 aromatic heterocycles. The Morgan fingerprint density at radius 1 is 1.31 bits per heavy atom. The van der Waals surface area contributed by atoms with E-state index in [-0.39, 0.29) is 17.9 Å². The van der Waals surface area contributed by atoms with E-state index in [4.69, 9.17) is 15.2 Å². The molecule has 2 aromatic rings. The second-order valence-corrected chi connectivity index (χ2v) is 8.51. The van der Waals surface area contributed by atoms with Crippen LogP contribution in [0.1, 0.15) is 24.0 Å². The molecule has 3 fully saturated rings. The van der Waals surface area contributed by atoms with Gasteiger partial charge < -0.3 is 15.2 Å². The topological polar surface area (TPSA) is 77.7 Å². The molecule has 0 radical (unpaired) electrons. The molecule has 5 heterocycles. The number of nitrogens with zero attached hydrogens (tertiary/aromatic N) is 2. The zero-order chi connectivity index (χ0) is 20.0. The van der Waals surface area contributed by atoms with Gasteiger partial charge in [-0.2, -0.15) is 0 Å². The Labute approximate surface area is 171 Å². The smallest absolute Gasteiger partial charge is 0.262 e. The van der Waals surface area contributed by atoms with Crippen molar-refractivity contribution in [3.63, 3.8) is 0 Å². The summed E-state index contributed by atoms with van der Waals surface area (Å²) in [6, 6.07) is 10.1. The van der Waals surface area contributed by atoms with Gasteiger partial charge in [-0.15, -0.1) is 0 Å². The van der Waals surface area contributed by atoms with Crippen LogP contribution in [0.2, 0.25) is 0 Å². The summed E-state index contributed by atoms with van der Waals surface area (Å²) in [5.41, 5.74) is 7.23. The number of para-hydroxylation sites is 1. The molecule has 3 unspecified atom stereocenters. The van der Waals surface area contributed by atoms with Gasteiger partial charge >= 0.3 is 0 Å². The monoisotopic (exact) mass is 393 g/mol. The highest BCUT2D eigenvalue weighted by atomic mass is 16.5. The van der Waals surface area contributed by atoms with Gasteiger partial charge in [0, 0.05) is 36.3 Å². The van der Waals surface area contributed by atoms with Crippen LogP contribution >= 0.6 is 0 Å². The zero-order valence-electron chi connectivity index (χ0n) is 16.7. The molecule has 1 aromatic carbocycles. The van der Waals surface area contributed by atoms with Crippen molar-refractivity contribution in [3.05, 3.63) is 53.9 Å². The number of hydrogen-bond acceptors (Lipinski definition) is 5. The van der Waals surface area contributed by atoms with Crippen molar-refractivity contribution in [2.45, 2.75) is 37.3 Å². The Morgan fingerprint density at radius 3 is 2.83 bits per heavy atom. The van der Waals surface area contributed by atoms with E-state index < -0.39 is 5.60 Å². The maximum absolute atomic E-state index is 13.0. The molecule has 4 aliphatic rings. The Hall–Kier alpha value is -2.60. The first-order valence-electron chi connectivity index (χ1n) is 10.4. The van der Waals surface area contributed by atoms with Gasteiger partial charge in [-0.1, -0.05) is 18.2 Å². The number of piperidine rings is 3. The van der Waals surface area contributed by atoms with Crippen molar-refractivity contribution in [1.29, 1.82) is 0 Å². The molecule has 0 saturated carbocycles. The highest BCUT2D eigenvalue weighted by Crippen LogP contribution is 2.52. The summed E-state index contributed by atoms with van der Waals surface area (Å²) in [5, 5.41) is 0. The number of benzene rings is 1. The fourth-order valence-electron chi connectivity index (χ4n) is 5.83. The lowest BCUT2D eigenvalue weighted by molar-refractivity contribution is -0.152. The van der Waals surface area contributed by atoms with Crippen LogP contribution in [0.15, 0.2) is 42.7 Å². The molecular weight excluding hydrogens is 366 g/mol. The minimum absolute atomic E-state index is 0.0415. The van der Waals surface area contributed by atoms with Gasteiger partial charge in [0.15, 0.2) is 17.1 Å². The van der Waals surface area contributed by atoms with E-state index in [2.05, 4.69) is 16.0 Å². The number of rotatable bonds is 5.